The van der Waals surface area contributed by atoms with Crippen LogP contribution in [-0.2, 0) is 6.42 Å². The highest BCUT2D eigenvalue weighted by molar-refractivity contribution is 5.53. The van der Waals surface area contributed by atoms with Gasteiger partial charge < -0.3 is 0 Å². The Labute approximate surface area is 98.7 Å². The molecule has 1 aliphatic carbocycles. The Morgan fingerprint density at radius 2 is 2.06 bits per heavy atom. The molecule has 0 atom stereocenters. The standard InChI is InChI=1S/C16H22/c1-4-13-7-5-8-14-9-6-10-15(16(13)14)11-12(2)3/h6,8-10,12H,4-5,7,11H2,1-3H3. The second kappa shape index (κ2) is 4.86. The molecule has 1 aromatic carbocycles. The Kier molecular flexibility index (Phi) is 3.48. The summed E-state index contributed by atoms with van der Waals surface area (Å²) in [6.07, 6.45) is 7.30. The summed E-state index contributed by atoms with van der Waals surface area (Å²) in [6.45, 7) is 6.89. The van der Waals surface area contributed by atoms with Crippen LogP contribution >= 0.6 is 0 Å². The van der Waals surface area contributed by atoms with Crippen molar-refractivity contribution >= 4 is 11.6 Å². The van der Waals surface area contributed by atoms with Crippen molar-refractivity contribution in [1.29, 1.82) is 0 Å². The highest BCUT2D eigenvalue weighted by Crippen LogP contribution is 2.13. The predicted octanol–water partition coefficient (Wildman–Crippen LogP) is 3.02. The van der Waals surface area contributed by atoms with E-state index in [1.807, 2.05) is 0 Å². The van der Waals surface area contributed by atoms with Crippen molar-refractivity contribution in [3.8, 4) is 0 Å². The Hall–Kier alpha value is -1.04. The van der Waals surface area contributed by atoms with E-state index in [0.29, 0.717) is 0 Å². The van der Waals surface area contributed by atoms with E-state index in [9.17, 15) is 0 Å². The summed E-state index contributed by atoms with van der Waals surface area (Å²) in [4.78, 5) is 0. The van der Waals surface area contributed by atoms with Gasteiger partial charge in [-0.25, -0.2) is 0 Å². The first-order valence-corrected chi connectivity index (χ1v) is 6.52. The fraction of sp³-hybridized carbons (Fsp3) is 0.500. The van der Waals surface area contributed by atoms with Gasteiger partial charge in [0.15, 0.2) is 0 Å². The summed E-state index contributed by atoms with van der Waals surface area (Å²) < 4.78 is 0. The van der Waals surface area contributed by atoms with E-state index in [1.165, 1.54) is 30.9 Å². The number of fused-ring (bicyclic) bond motifs is 1. The van der Waals surface area contributed by atoms with Crippen molar-refractivity contribution in [2.24, 2.45) is 5.92 Å². The van der Waals surface area contributed by atoms with Crippen LogP contribution in [0.1, 0.15) is 45.6 Å². The number of rotatable bonds is 3. The Morgan fingerprint density at radius 3 is 2.75 bits per heavy atom. The van der Waals surface area contributed by atoms with E-state index in [-0.39, 0.29) is 0 Å². The smallest absolute Gasteiger partial charge is 0.0163 e. The lowest BCUT2D eigenvalue weighted by molar-refractivity contribution is 0.644. The second-order valence-corrected chi connectivity index (χ2v) is 5.18. The molecule has 0 fully saturated rings. The van der Waals surface area contributed by atoms with Crippen LogP contribution in [0.15, 0.2) is 18.2 Å². The molecule has 0 aromatic heterocycles. The van der Waals surface area contributed by atoms with E-state index < -0.39 is 0 Å². The molecule has 0 heterocycles. The summed E-state index contributed by atoms with van der Waals surface area (Å²) >= 11 is 0. The van der Waals surface area contributed by atoms with Crippen LogP contribution in [0.5, 0.6) is 0 Å². The Bertz CT molecular complexity index is 477. The van der Waals surface area contributed by atoms with Gasteiger partial charge in [0, 0.05) is 0 Å². The van der Waals surface area contributed by atoms with Gasteiger partial charge in [-0.15, -0.1) is 0 Å². The maximum atomic E-state index is 2.40. The first-order chi connectivity index (χ1) is 7.72. The maximum absolute atomic E-state index is 2.40. The highest BCUT2D eigenvalue weighted by atomic mass is 14.1. The van der Waals surface area contributed by atoms with Crippen LogP contribution in [0.4, 0.5) is 0 Å². The number of benzene rings is 1. The van der Waals surface area contributed by atoms with Crippen LogP contribution < -0.4 is 10.4 Å². The van der Waals surface area contributed by atoms with E-state index in [1.54, 1.807) is 16.4 Å². The van der Waals surface area contributed by atoms with Crippen molar-refractivity contribution in [2.75, 3.05) is 0 Å². The van der Waals surface area contributed by atoms with Gasteiger partial charge in [0.2, 0.25) is 0 Å². The molecule has 0 heteroatoms. The summed E-state index contributed by atoms with van der Waals surface area (Å²) in [5, 5.41) is 3.05. The van der Waals surface area contributed by atoms with Crippen molar-refractivity contribution in [1.82, 2.24) is 0 Å². The van der Waals surface area contributed by atoms with Gasteiger partial charge in [-0.05, 0) is 47.6 Å². The van der Waals surface area contributed by atoms with Gasteiger partial charge in [0.1, 0.15) is 0 Å². The molecule has 0 bridgehead atoms. The summed E-state index contributed by atoms with van der Waals surface area (Å²) in [6, 6.07) is 6.80. The van der Waals surface area contributed by atoms with Gasteiger partial charge in [0.25, 0.3) is 0 Å². The molecule has 0 saturated carbocycles. The van der Waals surface area contributed by atoms with Gasteiger partial charge in [-0.1, -0.05) is 50.6 Å². The molecule has 16 heavy (non-hydrogen) atoms. The third-order valence-corrected chi connectivity index (χ3v) is 3.40. The SMILES string of the molecule is CCC1=c2c(CC(C)C)cccc2=CCC1. The van der Waals surface area contributed by atoms with E-state index in [0.717, 1.165) is 5.92 Å². The van der Waals surface area contributed by atoms with E-state index in [4.69, 9.17) is 0 Å². The van der Waals surface area contributed by atoms with E-state index >= 15 is 0 Å². The zero-order valence-electron chi connectivity index (χ0n) is 10.7. The third-order valence-electron chi connectivity index (χ3n) is 3.40. The molecule has 0 unspecified atom stereocenters. The predicted molar refractivity (Wildman–Crippen MR) is 71.6 cm³/mol. The molecule has 86 valence electrons. The van der Waals surface area contributed by atoms with Crippen molar-refractivity contribution in [2.45, 2.75) is 46.5 Å². The molecule has 0 saturated heterocycles. The zero-order chi connectivity index (χ0) is 11.5. The number of hydrogen-bond acceptors (Lipinski definition) is 0. The summed E-state index contributed by atoms with van der Waals surface area (Å²) in [5.74, 6) is 0.742. The molecule has 2 rings (SSSR count). The average molecular weight is 214 g/mol. The first-order valence-electron chi connectivity index (χ1n) is 6.52. The zero-order valence-corrected chi connectivity index (χ0v) is 10.7. The molecule has 0 spiro atoms. The van der Waals surface area contributed by atoms with Gasteiger partial charge in [0.05, 0.1) is 0 Å². The maximum Gasteiger partial charge on any atom is -0.0163 e. The van der Waals surface area contributed by atoms with Crippen molar-refractivity contribution in [3.63, 3.8) is 0 Å². The normalized spacial score (nSPS) is 14.9. The fourth-order valence-corrected chi connectivity index (χ4v) is 2.71. The van der Waals surface area contributed by atoms with Crippen LogP contribution in [0.25, 0.3) is 11.6 Å². The van der Waals surface area contributed by atoms with Crippen LogP contribution in [0.2, 0.25) is 0 Å². The Morgan fingerprint density at radius 1 is 1.25 bits per heavy atom. The Balaban J connectivity index is 2.64. The van der Waals surface area contributed by atoms with Crippen molar-refractivity contribution < 1.29 is 0 Å². The monoisotopic (exact) mass is 214 g/mol. The largest absolute Gasteiger partial charge is 0.0763 e. The molecule has 0 nitrogen and oxygen atoms in total. The molecule has 0 aliphatic heterocycles. The van der Waals surface area contributed by atoms with Gasteiger partial charge >= 0.3 is 0 Å². The lowest BCUT2D eigenvalue weighted by Gasteiger charge is -2.14. The molecule has 1 aliphatic rings. The lowest BCUT2D eigenvalue weighted by Crippen LogP contribution is -2.33. The molecule has 0 N–H and O–H groups in total. The van der Waals surface area contributed by atoms with Crippen LogP contribution in [-0.4, -0.2) is 0 Å². The first kappa shape index (κ1) is 11.4. The quantitative estimate of drug-likeness (QED) is 0.725. The topological polar surface area (TPSA) is 0 Å². The molecule has 0 radical (unpaired) electrons. The molecule has 1 aromatic rings. The number of hydrogen-bond donors (Lipinski definition) is 0. The van der Waals surface area contributed by atoms with E-state index in [2.05, 4.69) is 45.0 Å². The summed E-state index contributed by atoms with van der Waals surface area (Å²) in [7, 11) is 0. The highest BCUT2D eigenvalue weighted by Gasteiger charge is 2.07. The minimum absolute atomic E-state index is 0.742. The minimum Gasteiger partial charge on any atom is -0.0763 e. The van der Waals surface area contributed by atoms with Gasteiger partial charge in [-0.3, -0.25) is 0 Å². The minimum atomic E-state index is 0.742. The lowest BCUT2D eigenvalue weighted by atomic mass is 9.91. The fourth-order valence-electron chi connectivity index (χ4n) is 2.71. The average Bonchev–Trinajstić information content (AvgIpc) is 2.28. The van der Waals surface area contributed by atoms with Crippen molar-refractivity contribution in [3.05, 3.63) is 34.2 Å². The van der Waals surface area contributed by atoms with Crippen LogP contribution in [0, 0.1) is 5.92 Å². The molecular formula is C16H22. The summed E-state index contributed by atoms with van der Waals surface area (Å²) in [5.41, 5.74) is 3.22. The second-order valence-electron chi connectivity index (χ2n) is 5.18. The molecular weight excluding hydrogens is 192 g/mol. The molecule has 0 amide bonds. The third kappa shape index (κ3) is 2.21. The van der Waals surface area contributed by atoms with Crippen LogP contribution in [0.3, 0.4) is 0 Å². The van der Waals surface area contributed by atoms with Gasteiger partial charge in [-0.2, -0.15) is 0 Å².